The van der Waals surface area contributed by atoms with Gasteiger partial charge >= 0.3 is 0 Å². The summed E-state index contributed by atoms with van der Waals surface area (Å²) in [5, 5.41) is 23.2. The van der Waals surface area contributed by atoms with E-state index in [4.69, 9.17) is 4.74 Å². The van der Waals surface area contributed by atoms with Gasteiger partial charge in [0, 0.05) is 30.1 Å². The van der Waals surface area contributed by atoms with E-state index < -0.39 is 5.60 Å². The van der Waals surface area contributed by atoms with Crippen LogP contribution in [0.1, 0.15) is 52.7 Å². The first-order valence-corrected chi connectivity index (χ1v) is 13.3. The number of carbonyl (C=O) groups excluding carboxylic acids is 1. The Morgan fingerprint density at radius 1 is 0.973 bits per heavy atom. The summed E-state index contributed by atoms with van der Waals surface area (Å²) in [6.07, 6.45) is 4.59. The number of nitrogens with one attached hydrogen (secondary N) is 1. The minimum Gasteiger partial charge on any atom is -0.508 e. The van der Waals surface area contributed by atoms with Crippen LogP contribution in [-0.4, -0.2) is 51.4 Å². The number of hydrogen-bond acceptors (Lipinski definition) is 5. The minimum absolute atomic E-state index is 0.143. The van der Waals surface area contributed by atoms with Crippen molar-refractivity contribution in [2.75, 3.05) is 13.1 Å². The van der Waals surface area contributed by atoms with Gasteiger partial charge in [-0.3, -0.25) is 9.69 Å². The molecule has 190 valence electrons. The van der Waals surface area contributed by atoms with Crippen LogP contribution in [0.5, 0.6) is 11.5 Å². The lowest BCUT2D eigenvalue weighted by molar-refractivity contribution is -0.140. The first-order chi connectivity index (χ1) is 17.9. The van der Waals surface area contributed by atoms with Gasteiger partial charge < -0.3 is 20.3 Å². The van der Waals surface area contributed by atoms with Crippen molar-refractivity contribution in [1.82, 2.24) is 10.2 Å². The molecule has 3 aromatic rings. The summed E-state index contributed by atoms with van der Waals surface area (Å²) in [5.41, 5.74) is 3.47. The highest BCUT2D eigenvalue weighted by atomic mass is 16.5. The summed E-state index contributed by atoms with van der Waals surface area (Å²) < 4.78 is 7.20. The third-order valence-corrected chi connectivity index (χ3v) is 9.54. The highest BCUT2D eigenvalue weighted by Crippen LogP contribution is 2.69. The molecule has 4 bridgehead atoms. The number of fused-ring (bicyclic) bond motifs is 2. The molecule has 0 unspecified atom stereocenters. The molecular weight excluding hydrogens is 464 g/mol. The topological polar surface area (TPSA) is 82.0 Å². The summed E-state index contributed by atoms with van der Waals surface area (Å²) in [5.74, 6) is 0.299. The van der Waals surface area contributed by atoms with Crippen LogP contribution >= 0.6 is 0 Å². The number of amides is 1. The van der Waals surface area contributed by atoms with Gasteiger partial charge in [-0.05, 0) is 91.7 Å². The quantitative estimate of drug-likeness (QED) is 0.491. The molecule has 3 fully saturated rings. The number of benzene rings is 3. The molecule has 4 aliphatic rings. The first kappa shape index (κ1) is 22.8. The van der Waals surface area contributed by atoms with Gasteiger partial charge in [0.15, 0.2) is 0 Å². The first-order valence-electron chi connectivity index (χ1n) is 13.3. The number of hydrogen-bond donors (Lipinski definition) is 3. The number of rotatable bonds is 5. The van der Waals surface area contributed by atoms with E-state index in [1.54, 1.807) is 12.1 Å². The van der Waals surface area contributed by atoms with Gasteiger partial charge in [0.25, 0.3) is 5.91 Å². The highest BCUT2D eigenvalue weighted by molar-refractivity contribution is 5.94. The Morgan fingerprint density at radius 2 is 1.76 bits per heavy atom. The van der Waals surface area contributed by atoms with E-state index in [9.17, 15) is 15.0 Å². The fourth-order valence-electron chi connectivity index (χ4n) is 8.00. The standard InChI is InChI=1S/C31H32N2O4/c34-24-9-6-22(7-10-24)28(36)32-20-29-12-13-31(37-29)27-16-23-8-11-25(35)17-26(23)30(31,19-29)14-15-33(27)18-21-4-2-1-3-5-21/h1-11,17,27,34-35H,12-16,18-20H2,(H,32,36)/t27-,29+,30-,31-/m1/s1. The Kier molecular flexibility index (Phi) is 4.98. The number of likely N-dealkylation sites (tertiary alicyclic amines) is 1. The molecule has 3 aliphatic heterocycles. The Bertz CT molecular complexity index is 1360. The molecule has 3 saturated heterocycles. The van der Waals surface area contributed by atoms with Crippen LogP contribution < -0.4 is 5.32 Å². The summed E-state index contributed by atoms with van der Waals surface area (Å²) in [4.78, 5) is 15.5. The molecule has 0 aromatic heterocycles. The van der Waals surface area contributed by atoms with E-state index in [0.717, 1.165) is 45.2 Å². The Morgan fingerprint density at radius 3 is 2.57 bits per heavy atom. The molecule has 6 heteroatoms. The molecule has 1 spiro atoms. The second kappa shape index (κ2) is 8.07. The van der Waals surface area contributed by atoms with Crippen molar-refractivity contribution >= 4 is 5.91 Å². The molecule has 37 heavy (non-hydrogen) atoms. The van der Waals surface area contributed by atoms with E-state index in [1.807, 2.05) is 12.1 Å². The summed E-state index contributed by atoms with van der Waals surface area (Å²) in [6.45, 7) is 2.33. The second-order valence-corrected chi connectivity index (χ2v) is 11.4. The van der Waals surface area contributed by atoms with Gasteiger partial charge in [0.2, 0.25) is 0 Å². The minimum atomic E-state index is -0.430. The van der Waals surface area contributed by atoms with Crippen LogP contribution in [-0.2, 0) is 23.1 Å². The molecule has 0 saturated carbocycles. The normalized spacial score (nSPS) is 31.5. The number of carbonyl (C=O) groups is 1. The molecule has 7 rings (SSSR count). The third-order valence-electron chi connectivity index (χ3n) is 9.54. The van der Waals surface area contributed by atoms with E-state index in [-0.39, 0.29) is 28.7 Å². The molecule has 3 N–H and O–H groups in total. The molecule has 4 atom stereocenters. The number of piperidine rings is 1. The van der Waals surface area contributed by atoms with Gasteiger partial charge in [-0.1, -0.05) is 36.4 Å². The van der Waals surface area contributed by atoms with E-state index in [0.29, 0.717) is 17.9 Å². The molecule has 6 nitrogen and oxygen atoms in total. The lowest BCUT2D eigenvalue weighted by atomic mass is 9.50. The van der Waals surface area contributed by atoms with Crippen LogP contribution in [0.3, 0.4) is 0 Å². The number of phenolic OH excluding ortho intramolecular Hbond substituents is 2. The second-order valence-electron chi connectivity index (χ2n) is 11.4. The molecule has 1 amide bonds. The Balaban J connectivity index is 1.23. The average molecular weight is 497 g/mol. The summed E-state index contributed by atoms with van der Waals surface area (Å²) in [6, 6.07) is 23.1. The van der Waals surface area contributed by atoms with Crippen LogP contribution in [0, 0.1) is 0 Å². The number of nitrogens with zero attached hydrogens (tertiary/aromatic N) is 1. The average Bonchev–Trinajstić information content (AvgIpc) is 3.43. The van der Waals surface area contributed by atoms with E-state index >= 15 is 0 Å². The Hall–Kier alpha value is -3.35. The zero-order valence-electron chi connectivity index (χ0n) is 20.8. The Labute approximate surface area is 216 Å². The van der Waals surface area contributed by atoms with Gasteiger partial charge in [-0.15, -0.1) is 0 Å². The van der Waals surface area contributed by atoms with Crippen molar-refractivity contribution in [3.8, 4) is 11.5 Å². The van der Waals surface area contributed by atoms with Gasteiger partial charge in [-0.25, -0.2) is 0 Å². The maximum absolute atomic E-state index is 12.9. The zero-order valence-corrected chi connectivity index (χ0v) is 20.8. The molecule has 1 aliphatic carbocycles. The monoisotopic (exact) mass is 496 g/mol. The SMILES string of the molecule is O=C(NC[C@@]12CC[C@@]3(O1)[C@H]1Cc4ccc(O)cc4[C@@]3(CCN1Cc1ccccc1)C2)c1ccc(O)cc1. The van der Waals surface area contributed by atoms with Crippen LogP contribution in [0.4, 0.5) is 0 Å². The predicted octanol–water partition coefficient (Wildman–Crippen LogP) is 4.29. The molecule has 3 heterocycles. The van der Waals surface area contributed by atoms with E-state index in [1.165, 1.54) is 28.8 Å². The van der Waals surface area contributed by atoms with Crippen molar-refractivity contribution in [2.45, 2.75) is 61.3 Å². The van der Waals surface area contributed by atoms with Crippen LogP contribution in [0.2, 0.25) is 0 Å². The molecular formula is C31H32N2O4. The lowest BCUT2D eigenvalue weighted by Gasteiger charge is -2.60. The van der Waals surface area contributed by atoms with Crippen LogP contribution in [0.25, 0.3) is 0 Å². The number of phenols is 2. The number of ether oxygens (including phenoxy) is 1. The van der Waals surface area contributed by atoms with E-state index in [2.05, 4.69) is 46.6 Å². The maximum Gasteiger partial charge on any atom is 0.251 e. The van der Waals surface area contributed by atoms with Crippen molar-refractivity contribution in [3.05, 3.63) is 95.1 Å². The smallest absolute Gasteiger partial charge is 0.251 e. The van der Waals surface area contributed by atoms with Crippen molar-refractivity contribution in [3.63, 3.8) is 0 Å². The van der Waals surface area contributed by atoms with Crippen molar-refractivity contribution < 1.29 is 19.7 Å². The third kappa shape index (κ3) is 3.35. The fraction of sp³-hybridized carbons (Fsp3) is 0.387. The highest BCUT2D eigenvalue weighted by Gasteiger charge is 2.75. The zero-order chi connectivity index (χ0) is 25.3. The maximum atomic E-state index is 12.9. The lowest BCUT2D eigenvalue weighted by Crippen LogP contribution is -2.69. The summed E-state index contributed by atoms with van der Waals surface area (Å²) in [7, 11) is 0. The van der Waals surface area contributed by atoms with Gasteiger partial charge in [-0.2, -0.15) is 0 Å². The fourth-order valence-corrected chi connectivity index (χ4v) is 8.00. The van der Waals surface area contributed by atoms with Gasteiger partial charge in [0.05, 0.1) is 11.2 Å². The van der Waals surface area contributed by atoms with Crippen LogP contribution in [0.15, 0.2) is 72.8 Å². The molecule has 0 radical (unpaired) electrons. The van der Waals surface area contributed by atoms with Crippen molar-refractivity contribution in [2.24, 2.45) is 0 Å². The summed E-state index contributed by atoms with van der Waals surface area (Å²) >= 11 is 0. The predicted molar refractivity (Wildman–Crippen MR) is 140 cm³/mol. The van der Waals surface area contributed by atoms with Crippen molar-refractivity contribution in [1.29, 1.82) is 0 Å². The largest absolute Gasteiger partial charge is 0.508 e. The number of aromatic hydroxyl groups is 2. The molecule has 3 aromatic carbocycles. The van der Waals surface area contributed by atoms with Gasteiger partial charge in [0.1, 0.15) is 11.5 Å².